The van der Waals surface area contributed by atoms with E-state index in [9.17, 15) is 4.79 Å². The smallest absolute Gasteiger partial charge is 0.225 e. The van der Waals surface area contributed by atoms with Crippen LogP contribution in [0.5, 0.6) is 0 Å². The van der Waals surface area contributed by atoms with Gasteiger partial charge in [0, 0.05) is 12.5 Å². The Bertz CT molecular complexity index is 688. The van der Waals surface area contributed by atoms with E-state index < -0.39 is 0 Å². The van der Waals surface area contributed by atoms with Gasteiger partial charge in [-0.1, -0.05) is 25.1 Å². The molecular weight excluding hydrogens is 300 g/mol. The highest BCUT2D eigenvalue weighted by molar-refractivity contribution is 5.90. The average molecular weight is 326 g/mol. The van der Waals surface area contributed by atoms with E-state index in [-0.39, 0.29) is 5.91 Å². The lowest BCUT2D eigenvalue weighted by Crippen LogP contribution is -2.32. The lowest BCUT2D eigenvalue weighted by Gasteiger charge is -2.27. The molecule has 1 fully saturated rings. The number of aromatic nitrogens is 2. The normalized spacial score (nSPS) is 16.8. The Morgan fingerprint density at radius 2 is 2.08 bits per heavy atom. The van der Waals surface area contributed by atoms with Crippen LogP contribution in [0.4, 0.5) is 5.82 Å². The molecule has 1 aliphatic rings. The molecule has 2 N–H and O–H groups in total. The molecule has 24 heavy (non-hydrogen) atoms. The van der Waals surface area contributed by atoms with Crippen molar-refractivity contribution in [3.05, 3.63) is 42.1 Å². The lowest BCUT2D eigenvalue weighted by molar-refractivity contribution is -0.117. The van der Waals surface area contributed by atoms with Gasteiger partial charge < -0.3 is 10.6 Å². The molecule has 0 radical (unpaired) electrons. The molecule has 0 spiro atoms. The first kappa shape index (κ1) is 16.7. The molecule has 0 aliphatic carbocycles. The molecule has 0 bridgehead atoms. The molecule has 1 aromatic carbocycles. The molecule has 5 nitrogen and oxygen atoms in total. The zero-order valence-corrected chi connectivity index (χ0v) is 14.5. The van der Waals surface area contributed by atoms with Gasteiger partial charge >= 0.3 is 0 Å². The number of nitrogens with zero attached hydrogens (tertiary/aromatic N) is 2. The van der Waals surface area contributed by atoms with Crippen LogP contribution in [0.25, 0.3) is 5.69 Å². The second-order valence-electron chi connectivity index (χ2n) is 6.73. The summed E-state index contributed by atoms with van der Waals surface area (Å²) in [6.07, 6.45) is 4.60. The quantitative estimate of drug-likeness (QED) is 0.887. The van der Waals surface area contributed by atoms with Crippen molar-refractivity contribution in [2.75, 3.05) is 18.4 Å². The number of hydrogen-bond acceptors (Lipinski definition) is 3. The maximum absolute atomic E-state index is 12.5. The van der Waals surface area contributed by atoms with Crippen molar-refractivity contribution in [1.82, 2.24) is 15.1 Å². The number of anilines is 1. The molecule has 1 saturated heterocycles. The Morgan fingerprint density at radius 1 is 1.33 bits per heavy atom. The number of carbonyl (C=O) groups is 1. The summed E-state index contributed by atoms with van der Waals surface area (Å²) in [7, 11) is 0. The van der Waals surface area contributed by atoms with Crippen LogP contribution in [0, 0.1) is 18.8 Å². The molecule has 5 heteroatoms. The Balaban J connectivity index is 1.65. The van der Waals surface area contributed by atoms with Crippen molar-refractivity contribution >= 4 is 11.7 Å². The molecule has 1 unspecified atom stereocenters. The van der Waals surface area contributed by atoms with Crippen LogP contribution in [0.3, 0.4) is 0 Å². The second-order valence-corrected chi connectivity index (χ2v) is 6.73. The van der Waals surface area contributed by atoms with Crippen LogP contribution < -0.4 is 10.6 Å². The number of amides is 1. The van der Waals surface area contributed by atoms with E-state index in [2.05, 4.69) is 22.7 Å². The summed E-state index contributed by atoms with van der Waals surface area (Å²) in [6, 6.07) is 9.88. The SMILES string of the molecule is Cc1ccccc1-n1nccc1NC(=O)CC(C)C1CCNCC1. The molecule has 1 amide bonds. The van der Waals surface area contributed by atoms with Gasteiger partial charge in [-0.25, -0.2) is 4.68 Å². The minimum atomic E-state index is 0.0661. The molecule has 1 aromatic heterocycles. The van der Waals surface area contributed by atoms with E-state index >= 15 is 0 Å². The number of benzene rings is 1. The molecule has 3 rings (SSSR count). The van der Waals surface area contributed by atoms with Crippen LogP contribution in [-0.2, 0) is 4.79 Å². The summed E-state index contributed by atoms with van der Waals surface area (Å²) in [5.74, 6) is 1.84. The number of para-hydroxylation sites is 1. The maximum atomic E-state index is 12.5. The number of carbonyl (C=O) groups excluding carboxylic acids is 1. The Kier molecular flexibility index (Phi) is 5.30. The van der Waals surface area contributed by atoms with Gasteiger partial charge in [-0.15, -0.1) is 0 Å². The van der Waals surface area contributed by atoms with Crippen molar-refractivity contribution in [3.63, 3.8) is 0 Å². The van der Waals surface area contributed by atoms with E-state index in [4.69, 9.17) is 0 Å². The van der Waals surface area contributed by atoms with E-state index in [0.29, 0.717) is 18.3 Å². The minimum absolute atomic E-state index is 0.0661. The summed E-state index contributed by atoms with van der Waals surface area (Å²) in [5.41, 5.74) is 2.11. The van der Waals surface area contributed by atoms with Crippen molar-refractivity contribution in [3.8, 4) is 5.69 Å². The summed E-state index contributed by atoms with van der Waals surface area (Å²) in [4.78, 5) is 12.5. The van der Waals surface area contributed by atoms with Gasteiger partial charge in [-0.3, -0.25) is 4.79 Å². The lowest BCUT2D eigenvalue weighted by atomic mass is 9.84. The van der Waals surface area contributed by atoms with Crippen LogP contribution in [-0.4, -0.2) is 28.8 Å². The van der Waals surface area contributed by atoms with Crippen LogP contribution in [0.1, 0.15) is 31.7 Å². The summed E-state index contributed by atoms with van der Waals surface area (Å²) >= 11 is 0. The van der Waals surface area contributed by atoms with Gasteiger partial charge in [-0.05, 0) is 56.3 Å². The second kappa shape index (κ2) is 7.62. The standard InChI is InChI=1S/C19H26N4O/c1-14-5-3-4-6-17(14)23-18(9-12-21-23)22-19(24)13-15(2)16-7-10-20-11-8-16/h3-6,9,12,15-16,20H,7-8,10-11,13H2,1-2H3,(H,22,24). The van der Waals surface area contributed by atoms with Gasteiger partial charge in [0.15, 0.2) is 0 Å². The van der Waals surface area contributed by atoms with E-state index in [0.717, 1.165) is 43.0 Å². The van der Waals surface area contributed by atoms with Crippen LogP contribution >= 0.6 is 0 Å². The van der Waals surface area contributed by atoms with Gasteiger partial charge in [0.05, 0.1) is 11.9 Å². The fourth-order valence-corrected chi connectivity index (χ4v) is 3.46. The highest BCUT2D eigenvalue weighted by atomic mass is 16.1. The largest absolute Gasteiger partial charge is 0.317 e. The first-order valence-electron chi connectivity index (χ1n) is 8.75. The van der Waals surface area contributed by atoms with Gasteiger partial charge in [0.1, 0.15) is 5.82 Å². The number of nitrogens with one attached hydrogen (secondary N) is 2. The first-order valence-corrected chi connectivity index (χ1v) is 8.75. The Morgan fingerprint density at radius 3 is 2.83 bits per heavy atom. The van der Waals surface area contributed by atoms with Crippen molar-refractivity contribution in [2.24, 2.45) is 11.8 Å². The molecule has 2 heterocycles. The Labute approximate surface area is 143 Å². The van der Waals surface area contributed by atoms with Crippen molar-refractivity contribution < 1.29 is 4.79 Å². The van der Waals surface area contributed by atoms with E-state index in [1.165, 1.54) is 0 Å². The third-order valence-corrected chi connectivity index (χ3v) is 4.95. The summed E-state index contributed by atoms with van der Waals surface area (Å²) < 4.78 is 1.79. The van der Waals surface area contributed by atoms with Gasteiger partial charge in [-0.2, -0.15) is 5.10 Å². The van der Waals surface area contributed by atoms with E-state index in [1.807, 2.05) is 37.3 Å². The van der Waals surface area contributed by atoms with Crippen molar-refractivity contribution in [2.45, 2.75) is 33.1 Å². The van der Waals surface area contributed by atoms with Crippen LogP contribution in [0.15, 0.2) is 36.5 Å². The fraction of sp³-hybridized carbons (Fsp3) is 0.474. The summed E-state index contributed by atoms with van der Waals surface area (Å²) in [5, 5.41) is 10.8. The predicted molar refractivity (Wildman–Crippen MR) is 96.3 cm³/mol. The zero-order valence-electron chi connectivity index (χ0n) is 14.5. The molecule has 1 aliphatic heterocycles. The van der Waals surface area contributed by atoms with Gasteiger partial charge in [0.2, 0.25) is 5.91 Å². The molecular formula is C19H26N4O. The van der Waals surface area contributed by atoms with Crippen molar-refractivity contribution in [1.29, 1.82) is 0 Å². The fourth-order valence-electron chi connectivity index (χ4n) is 3.46. The zero-order chi connectivity index (χ0) is 16.9. The highest BCUT2D eigenvalue weighted by Crippen LogP contribution is 2.25. The predicted octanol–water partition coefficient (Wildman–Crippen LogP) is 3.15. The first-order chi connectivity index (χ1) is 11.6. The Hall–Kier alpha value is -2.14. The molecule has 1 atom stereocenters. The average Bonchev–Trinajstić information content (AvgIpc) is 3.03. The van der Waals surface area contributed by atoms with Crippen LogP contribution in [0.2, 0.25) is 0 Å². The molecule has 0 saturated carbocycles. The number of piperidine rings is 1. The van der Waals surface area contributed by atoms with E-state index in [1.54, 1.807) is 10.9 Å². The third kappa shape index (κ3) is 3.85. The topological polar surface area (TPSA) is 59.0 Å². The van der Waals surface area contributed by atoms with Gasteiger partial charge in [0.25, 0.3) is 0 Å². The number of aryl methyl sites for hydroxylation is 1. The summed E-state index contributed by atoms with van der Waals surface area (Å²) in [6.45, 7) is 6.36. The maximum Gasteiger partial charge on any atom is 0.225 e. The molecule has 2 aromatic rings. The number of hydrogen-bond donors (Lipinski definition) is 2. The third-order valence-electron chi connectivity index (χ3n) is 4.95. The minimum Gasteiger partial charge on any atom is -0.317 e. The number of rotatable bonds is 5. The molecule has 128 valence electrons. The monoisotopic (exact) mass is 326 g/mol. The highest BCUT2D eigenvalue weighted by Gasteiger charge is 2.22.